The van der Waals surface area contributed by atoms with Crippen LogP contribution in [0.5, 0.6) is 0 Å². The highest BCUT2D eigenvalue weighted by molar-refractivity contribution is 7.68. The molecule has 0 aliphatic heterocycles. The average Bonchev–Trinajstić information content (AvgIpc) is 3.14. The van der Waals surface area contributed by atoms with Crippen LogP contribution in [0.15, 0.2) is 24.6 Å². The first-order chi connectivity index (χ1) is 13.8. The molecule has 0 radical (unpaired) electrons. The second-order valence-electron chi connectivity index (χ2n) is 5.98. The van der Waals surface area contributed by atoms with Crippen LogP contribution >= 0.6 is 23.2 Å². The highest BCUT2D eigenvalue weighted by atomic mass is 31.3. The van der Waals surface area contributed by atoms with Gasteiger partial charge in [0.25, 0.3) is 0 Å². The fraction of sp³-hybridized carbons (Fsp3) is 0.364. The number of aromatic nitrogens is 4. The third kappa shape index (κ3) is 5.56. The van der Waals surface area contributed by atoms with Gasteiger partial charge in [-0.3, -0.25) is 4.57 Å². The summed E-state index contributed by atoms with van der Waals surface area (Å²) in [6.45, 7) is 0. The summed E-state index contributed by atoms with van der Waals surface area (Å²) < 4.78 is 61.8. The van der Waals surface area contributed by atoms with Gasteiger partial charge in [0.1, 0.15) is 30.1 Å². The van der Waals surface area contributed by atoms with Crippen molar-refractivity contribution in [3.8, 4) is 0 Å². The topological polar surface area (TPSA) is 229 Å². The predicted octanol–water partition coefficient (Wildman–Crippen LogP) is 0.961. The van der Waals surface area contributed by atoms with E-state index >= 15 is 0 Å². The molecule has 2 aromatic heterocycles. The van der Waals surface area contributed by atoms with Gasteiger partial charge in [-0.25, -0.2) is 32.8 Å². The van der Waals surface area contributed by atoms with Crippen molar-refractivity contribution < 1.29 is 51.0 Å². The zero-order valence-electron chi connectivity index (χ0n) is 14.6. The Hall–Kier alpha value is -1.57. The minimum absolute atomic E-state index is 0.0586. The Labute approximate surface area is 166 Å². The number of nitrogen functional groups attached to an aromatic ring is 1. The van der Waals surface area contributed by atoms with Crippen LogP contribution in [-0.2, 0) is 27.1 Å². The molecule has 0 fully saturated rings. The van der Waals surface area contributed by atoms with Gasteiger partial charge in [-0.1, -0.05) is 0 Å². The number of imidazole rings is 1. The third-order valence-electron chi connectivity index (χ3n) is 3.74. The van der Waals surface area contributed by atoms with E-state index in [1.54, 1.807) is 0 Å². The maximum atomic E-state index is 14.2. The molecule has 1 aliphatic rings. The molecule has 0 spiro atoms. The number of hydrogen-bond donors (Lipinski definition) is 5. The number of hydrogen-bond acceptors (Lipinski definition) is 10. The number of phosphoric acid groups is 2. The first-order valence-electron chi connectivity index (χ1n) is 7.81. The minimum Gasteiger partial charge on any atom is -0.382 e. The number of rotatable bonds is 8. The van der Waals surface area contributed by atoms with Crippen molar-refractivity contribution >= 4 is 40.2 Å². The van der Waals surface area contributed by atoms with E-state index in [4.69, 9.17) is 25.2 Å². The number of ether oxygens (including phenoxy) is 1. The maximum absolute atomic E-state index is 14.2. The normalized spacial score (nSPS) is 23.8. The Morgan fingerprint density at radius 2 is 1.87 bits per heavy atom. The maximum Gasteiger partial charge on any atom is 0.488 e. The van der Waals surface area contributed by atoms with Crippen molar-refractivity contribution in [2.24, 2.45) is 0 Å². The Balaban J connectivity index is 1.65. The van der Waals surface area contributed by atoms with Crippen LogP contribution in [0, 0.1) is 0 Å². The summed E-state index contributed by atoms with van der Waals surface area (Å²) in [6, 6.07) is -0.643. The van der Waals surface area contributed by atoms with Crippen LogP contribution in [0.1, 0.15) is 12.5 Å². The van der Waals surface area contributed by atoms with E-state index in [1.807, 2.05) is 0 Å². The molecule has 0 aromatic carbocycles. The Kier molecular flexibility index (Phi) is 6.29. The van der Waals surface area contributed by atoms with E-state index in [0.29, 0.717) is 11.2 Å². The molecular weight excluding hydrogens is 474 g/mol. The Morgan fingerprint density at radius 3 is 2.53 bits per heavy atom. The Bertz CT molecular complexity index is 1130. The lowest BCUT2D eigenvalue weighted by Gasteiger charge is -2.19. The molecule has 0 bridgehead atoms. The number of allylic oxidation sites excluding steroid dienone is 1. The summed E-state index contributed by atoms with van der Waals surface area (Å²) in [7, 11) is -16.1. The van der Waals surface area contributed by atoms with Crippen molar-refractivity contribution in [1.29, 1.82) is 0 Å². The van der Waals surface area contributed by atoms with E-state index < -0.39 is 47.6 Å². The van der Waals surface area contributed by atoms with Gasteiger partial charge in [0, 0.05) is 6.42 Å². The number of nitrogens with two attached hydrogens (primary N) is 1. The fourth-order valence-electron chi connectivity index (χ4n) is 2.66. The zero-order chi connectivity index (χ0) is 22.3. The molecule has 2 heterocycles. The largest absolute Gasteiger partial charge is 0.488 e. The molecular formula is C11H15FN5O10P3. The van der Waals surface area contributed by atoms with Crippen molar-refractivity contribution in [2.45, 2.75) is 18.6 Å². The predicted molar refractivity (Wildman–Crippen MR) is 96.2 cm³/mol. The molecule has 0 saturated heterocycles. The molecule has 2 aromatic rings. The lowest BCUT2D eigenvalue weighted by atomic mass is 10.2. The van der Waals surface area contributed by atoms with Gasteiger partial charge in [0.2, 0.25) is 0 Å². The fourth-order valence-corrected chi connectivity index (χ4v) is 5.97. The highest BCUT2D eigenvalue weighted by Gasteiger charge is 2.41. The van der Waals surface area contributed by atoms with E-state index in [0.717, 1.165) is 6.08 Å². The lowest BCUT2D eigenvalue weighted by Crippen LogP contribution is -2.15. The second kappa shape index (κ2) is 8.17. The van der Waals surface area contributed by atoms with Crippen molar-refractivity contribution in [3.05, 3.63) is 24.6 Å². The number of halogens is 1. The van der Waals surface area contributed by atoms with E-state index in [1.165, 1.54) is 17.2 Å². The van der Waals surface area contributed by atoms with Gasteiger partial charge in [-0.05, 0) is 6.08 Å². The van der Waals surface area contributed by atoms with Gasteiger partial charge in [0.05, 0.1) is 12.4 Å². The molecule has 15 nitrogen and oxygen atoms in total. The average molecular weight is 489 g/mol. The van der Waals surface area contributed by atoms with Crippen LogP contribution in [-0.4, -0.2) is 51.5 Å². The number of fused-ring (bicyclic) bond motifs is 1. The number of anilines is 1. The van der Waals surface area contributed by atoms with E-state index in [2.05, 4.69) is 23.6 Å². The van der Waals surface area contributed by atoms with Gasteiger partial charge >= 0.3 is 23.2 Å². The Morgan fingerprint density at radius 1 is 1.17 bits per heavy atom. The zero-order valence-corrected chi connectivity index (χ0v) is 17.3. The minimum atomic E-state index is -5.60. The summed E-state index contributed by atoms with van der Waals surface area (Å²) in [5.74, 6) is -0.680. The van der Waals surface area contributed by atoms with Crippen LogP contribution in [0.2, 0.25) is 0 Å². The summed E-state index contributed by atoms with van der Waals surface area (Å²) in [5, 5.41) is 0. The molecule has 30 heavy (non-hydrogen) atoms. The second-order valence-corrected chi connectivity index (χ2v) is 10.7. The van der Waals surface area contributed by atoms with Crippen molar-refractivity contribution in [3.63, 3.8) is 0 Å². The first kappa shape index (κ1) is 23.1. The van der Waals surface area contributed by atoms with Crippen LogP contribution in [0.3, 0.4) is 0 Å². The molecule has 0 amide bonds. The van der Waals surface area contributed by atoms with Crippen LogP contribution in [0.25, 0.3) is 11.2 Å². The van der Waals surface area contributed by atoms with Crippen molar-refractivity contribution in [1.82, 2.24) is 19.5 Å². The molecule has 4 unspecified atom stereocenters. The quantitative estimate of drug-likeness (QED) is 0.325. The van der Waals surface area contributed by atoms with Gasteiger partial charge in [-0.15, -0.1) is 0 Å². The summed E-state index contributed by atoms with van der Waals surface area (Å²) in [5.41, 5.74) is 6.31. The molecule has 166 valence electrons. The molecule has 4 atom stereocenters. The highest BCUT2D eigenvalue weighted by Crippen LogP contribution is 2.66. The van der Waals surface area contributed by atoms with Gasteiger partial charge in [-0.2, -0.15) is 4.31 Å². The SMILES string of the molecule is Nc1ncnc2c1ncn2C1C=C(F)C(OCP(=O)(O)OP(=O)(O)OP(=O)(O)O)C1. The van der Waals surface area contributed by atoms with Gasteiger partial charge < -0.3 is 34.6 Å². The first-order valence-corrected chi connectivity index (χ1v) is 12.6. The van der Waals surface area contributed by atoms with Crippen molar-refractivity contribution in [2.75, 3.05) is 12.1 Å². The van der Waals surface area contributed by atoms with Gasteiger partial charge in [0.15, 0.2) is 11.5 Å². The van der Waals surface area contributed by atoms with Crippen LogP contribution in [0.4, 0.5) is 10.2 Å². The lowest BCUT2D eigenvalue weighted by molar-refractivity contribution is 0.0809. The molecule has 0 saturated carbocycles. The molecule has 6 N–H and O–H groups in total. The summed E-state index contributed by atoms with van der Waals surface area (Å²) >= 11 is 0. The monoisotopic (exact) mass is 489 g/mol. The summed E-state index contributed by atoms with van der Waals surface area (Å²) in [6.07, 6.45) is 1.06. The van der Waals surface area contributed by atoms with Crippen LogP contribution < -0.4 is 5.73 Å². The van der Waals surface area contributed by atoms with E-state index in [-0.39, 0.29) is 12.2 Å². The smallest absolute Gasteiger partial charge is 0.382 e. The van der Waals surface area contributed by atoms with E-state index in [9.17, 15) is 23.0 Å². The number of nitrogens with zero attached hydrogens (tertiary/aromatic N) is 4. The molecule has 3 rings (SSSR count). The molecule has 19 heteroatoms. The molecule has 1 aliphatic carbocycles. The standard InChI is InChI=1S/C11H15FN5O10P3/c12-7-1-6(17-4-16-9-10(13)14-3-15-11(9)17)2-8(7)25-5-28(18,19)26-30(23,24)27-29(20,21)22/h1,3-4,6,8H,2,5H2,(H,18,19)(H,23,24)(H2,13,14,15)(H2,20,21,22). The third-order valence-corrected chi connectivity index (χ3v) is 7.74. The summed E-state index contributed by atoms with van der Waals surface area (Å²) in [4.78, 5) is 47.5.